The summed E-state index contributed by atoms with van der Waals surface area (Å²) in [5.41, 5.74) is 0. The SMILES string of the molecule is Br.C.C1=CC2C(C1)[C@@H]1C=C[C@H]2C1.C1=CC2C(C1)[C@H]1CC[C@@H]2C1.C1=C[C@H]2C[C@@H]1C1CCCC12.C1CC2C(C1)[C@H]1CC[C@@H]2C1.CBr.CBr.[HH]. The highest BCUT2D eigenvalue weighted by atomic mass is 79.9. The van der Waals surface area contributed by atoms with Crippen molar-refractivity contribution in [2.24, 2.45) is 94.7 Å². The van der Waals surface area contributed by atoms with Crippen LogP contribution in [0.15, 0.2) is 48.6 Å². The summed E-state index contributed by atoms with van der Waals surface area (Å²) in [6.45, 7) is 0. The van der Waals surface area contributed by atoms with Gasteiger partial charge in [0.05, 0.1) is 0 Å². The first kappa shape index (κ1) is 37.7. The highest BCUT2D eigenvalue weighted by Gasteiger charge is 2.49. The lowest BCUT2D eigenvalue weighted by molar-refractivity contribution is 0.259. The molecule has 8 saturated carbocycles. The van der Waals surface area contributed by atoms with Gasteiger partial charge < -0.3 is 0 Å². The zero-order valence-electron chi connectivity index (χ0n) is 28.3. The van der Waals surface area contributed by atoms with Crippen LogP contribution in [-0.4, -0.2) is 11.7 Å². The third-order valence-corrected chi connectivity index (χ3v) is 15.6. The van der Waals surface area contributed by atoms with Gasteiger partial charge in [0.1, 0.15) is 0 Å². The second-order valence-electron chi connectivity index (χ2n) is 16.9. The smallest absolute Gasteiger partial charge is 0 e. The molecule has 0 radical (unpaired) electrons. The summed E-state index contributed by atoms with van der Waals surface area (Å²) < 4.78 is 0. The predicted molar refractivity (Wildman–Crippen MR) is 215 cm³/mol. The van der Waals surface area contributed by atoms with Crippen LogP contribution < -0.4 is 0 Å². The Bertz CT molecular complexity index is 1040. The molecule has 16 atom stereocenters. The Morgan fingerprint density at radius 2 is 0.826 bits per heavy atom. The van der Waals surface area contributed by atoms with E-state index in [0.29, 0.717) is 0 Å². The molecule has 12 aliphatic carbocycles. The third kappa shape index (κ3) is 7.12. The van der Waals surface area contributed by atoms with Gasteiger partial charge in [-0.25, -0.2) is 0 Å². The van der Waals surface area contributed by atoms with Crippen molar-refractivity contribution in [3.8, 4) is 0 Å². The van der Waals surface area contributed by atoms with Gasteiger partial charge in [0, 0.05) is 1.43 Å². The Balaban J connectivity index is 0.000000134. The molecule has 0 nitrogen and oxygen atoms in total. The van der Waals surface area contributed by atoms with Crippen molar-refractivity contribution in [2.45, 2.75) is 110 Å². The number of alkyl halides is 2. The highest BCUT2D eigenvalue weighted by Crippen LogP contribution is 2.59. The summed E-state index contributed by atoms with van der Waals surface area (Å²) in [4.78, 5) is 0. The Morgan fingerprint density at radius 3 is 1.39 bits per heavy atom. The van der Waals surface area contributed by atoms with Gasteiger partial charge in [-0.1, -0.05) is 101 Å². The summed E-state index contributed by atoms with van der Waals surface area (Å²) in [7, 11) is 0. The van der Waals surface area contributed by atoms with Crippen molar-refractivity contribution >= 4 is 48.8 Å². The van der Waals surface area contributed by atoms with Crippen molar-refractivity contribution in [1.82, 2.24) is 0 Å². The van der Waals surface area contributed by atoms with E-state index in [4.69, 9.17) is 0 Å². The van der Waals surface area contributed by atoms with Gasteiger partial charge >= 0.3 is 0 Å². The molecule has 8 fully saturated rings. The van der Waals surface area contributed by atoms with Crippen LogP contribution in [0, 0.1) is 94.7 Å². The largest absolute Gasteiger partial charge is 0.114 e. The molecular weight excluding hydrogens is 756 g/mol. The maximum atomic E-state index is 2.94. The lowest BCUT2D eigenvalue weighted by Gasteiger charge is -2.23. The van der Waals surface area contributed by atoms with Crippen molar-refractivity contribution in [2.75, 3.05) is 11.7 Å². The van der Waals surface area contributed by atoms with E-state index in [2.05, 4.69) is 80.5 Å². The minimum absolute atomic E-state index is 0. The quantitative estimate of drug-likeness (QED) is 0.169. The number of hydrogen-bond acceptors (Lipinski definition) is 0. The molecule has 3 heteroatoms. The third-order valence-electron chi connectivity index (χ3n) is 15.6. The van der Waals surface area contributed by atoms with E-state index in [9.17, 15) is 0 Å². The molecule has 0 aromatic carbocycles. The molecule has 0 saturated heterocycles. The van der Waals surface area contributed by atoms with E-state index in [1.807, 2.05) is 11.7 Å². The number of allylic oxidation sites excluding steroid dienone is 8. The fourth-order valence-corrected chi connectivity index (χ4v) is 14.0. The van der Waals surface area contributed by atoms with Gasteiger partial charge in [-0.05, 0) is 196 Å². The molecule has 12 rings (SSSR count). The Hall–Kier alpha value is 0.400. The van der Waals surface area contributed by atoms with Crippen molar-refractivity contribution in [1.29, 1.82) is 0 Å². The molecule has 0 heterocycles. The first-order valence-electron chi connectivity index (χ1n) is 19.3. The van der Waals surface area contributed by atoms with Gasteiger partial charge in [-0.3, -0.25) is 0 Å². The summed E-state index contributed by atoms with van der Waals surface area (Å²) in [5, 5.41) is 0. The molecule has 46 heavy (non-hydrogen) atoms. The van der Waals surface area contributed by atoms with Crippen LogP contribution >= 0.6 is 48.8 Å². The van der Waals surface area contributed by atoms with Crippen LogP contribution in [0.4, 0.5) is 0 Å². The predicted octanol–water partition coefficient (Wildman–Crippen LogP) is 13.9. The normalized spacial score (nSPS) is 49.0. The average molecular weight is 826 g/mol. The lowest BCUT2D eigenvalue weighted by Crippen LogP contribution is -2.16. The molecule has 0 aliphatic heterocycles. The van der Waals surface area contributed by atoms with Crippen LogP contribution in [0.5, 0.6) is 0 Å². The van der Waals surface area contributed by atoms with Crippen LogP contribution in [0.2, 0.25) is 0 Å². The van der Waals surface area contributed by atoms with E-state index in [1.165, 1.54) is 75.0 Å². The van der Waals surface area contributed by atoms with Crippen LogP contribution in [0.1, 0.15) is 112 Å². The lowest BCUT2D eigenvalue weighted by atomic mass is 9.82. The zero-order chi connectivity index (χ0) is 30.2. The fourth-order valence-electron chi connectivity index (χ4n) is 14.0. The fraction of sp³-hybridized carbons (Fsp3) is 0.814. The summed E-state index contributed by atoms with van der Waals surface area (Å²) >= 11 is 5.88. The Kier molecular flexibility index (Phi) is 14.0. The van der Waals surface area contributed by atoms with Crippen molar-refractivity contribution in [3.63, 3.8) is 0 Å². The summed E-state index contributed by atoms with van der Waals surface area (Å²) in [6, 6.07) is 0. The number of hydrogen-bond donors (Lipinski definition) is 0. The number of halogens is 3. The number of rotatable bonds is 0. The molecule has 0 aromatic rings. The van der Waals surface area contributed by atoms with Crippen LogP contribution in [-0.2, 0) is 0 Å². The van der Waals surface area contributed by atoms with Crippen molar-refractivity contribution < 1.29 is 1.43 Å². The maximum absolute atomic E-state index is 2.94. The molecule has 0 amide bonds. The summed E-state index contributed by atoms with van der Waals surface area (Å²) in [6.07, 6.45) is 44.1. The van der Waals surface area contributed by atoms with Crippen molar-refractivity contribution in [3.05, 3.63) is 48.6 Å². The molecule has 8 bridgehead atoms. The van der Waals surface area contributed by atoms with Gasteiger partial charge in [0.15, 0.2) is 0 Å². The zero-order valence-corrected chi connectivity index (χ0v) is 33.2. The molecule has 0 N–H and O–H groups in total. The highest BCUT2D eigenvalue weighted by molar-refractivity contribution is 9.09. The van der Waals surface area contributed by atoms with E-state index in [-0.39, 0.29) is 25.8 Å². The van der Waals surface area contributed by atoms with Gasteiger partial charge in [0.25, 0.3) is 0 Å². The first-order valence-corrected chi connectivity index (χ1v) is 22.4. The Labute approximate surface area is 313 Å². The topological polar surface area (TPSA) is 0 Å². The summed E-state index contributed by atoms with van der Waals surface area (Å²) in [5.74, 6) is 20.9. The molecule has 8 unspecified atom stereocenters. The van der Waals surface area contributed by atoms with Gasteiger partial charge in [0.2, 0.25) is 0 Å². The molecule has 262 valence electrons. The second kappa shape index (κ2) is 17.1. The minimum atomic E-state index is 0. The molecular formula is C43H69Br3. The molecule has 12 aliphatic rings. The standard InChI is InChI=1S/C10H16.2C10H14.C10H12.2CH3Br.CH4.BrH.H2/c4*1-2-9-7-4-5-8(6-7)10(9)3-1;2*1-2;;;/h7-10H,1-6H2;4-5,7-10H,1-3,6H2;1-2,7-10H,3-6H2;1-2,4-5,7-10H,3,6H2;2*1H3;1H4;2*1H/t4*7-,8+,9?,10?;;;;;/m..10...../s1. The monoisotopic (exact) mass is 822 g/mol. The first-order chi connectivity index (χ1) is 21.8. The second-order valence-corrected chi connectivity index (χ2v) is 16.9. The van der Waals surface area contributed by atoms with E-state index in [0.717, 1.165) is 71.0 Å². The Morgan fingerprint density at radius 1 is 0.413 bits per heavy atom. The van der Waals surface area contributed by atoms with Crippen LogP contribution in [0.25, 0.3) is 0 Å². The molecule has 0 spiro atoms. The van der Waals surface area contributed by atoms with Crippen LogP contribution in [0.3, 0.4) is 0 Å². The maximum Gasteiger partial charge on any atom is 0 e. The average Bonchev–Trinajstić information content (AvgIpc) is 3.94. The minimum Gasteiger partial charge on any atom is -0.114 e. The van der Waals surface area contributed by atoms with E-state index >= 15 is 0 Å². The molecule has 0 aromatic heterocycles. The van der Waals surface area contributed by atoms with Gasteiger partial charge in [-0.15, -0.1) is 17.0 Å². The number of fused-ring (bicyclic) bond motifs is 20. The van der Waals surface area contributed by atoms with E-state index in [1.54, 1.807) is 51.4 Å². The van der Waals surface area contributed by atoms with Gasteiger partial charge in [-0.2, -0.15) is 0 Å². The van der Waals surface area contributed by atoms with E-state index < -0.39 is 0 Å².